The fourth-order valence-electron chi connectivity index (χ4n) is 5.61. The molecule has 5 heterocycles. The molecule has 11 heteroatoms. The van der Waals surface area contributed by atoms with E-state index in [0.29, 0.717) is 49.1 Å². The minimum Gasteiger partial charge on any atom is -0.337 e. The second-order valence-electron chi connectivity index (χ2n) is 10.3. The van der Waals surface area contributed by atoms with Gasteiger partial charge in [-0.25, -0.2) is 24.3 Å². The SMILES string of the molecule is O=C(c1cccc(-c2nc3ccccc3[nH]2)n1)N1CC2CN(C(=O)c3ccnc(Nc4ccc(F)cc4)n3)CC2C1. The van der Waals surface area contributed by atoms with Gasteiger partial charge < -0.3 is 20.1 Å². The van der Waals surface area contributed by atoms with Gasteiger partial charge in [0.05, 0.1) is 11.0 Å². The van der Waals surface area contributed by atoms with Gasteiger partial charge in [0.2, 0.25) is 5.95 Å². The molecule has 7 rings (SSSR count). The molecule has 2 atom stereocenters. The van der Waals surface area contributed by atoms with Gasteiger partial charge in [-0.15, -0.1) is 0 Å². The summed E-state index contributed by atoms with van der Waals surface area (Å²) in [7, 11) is 0. The summed E-state index contributed by atoms with van der Waals surface area (Å²) in [5, 5.41) is 3.00. The van der Waals surface area contributed by atoms with E-state index >= 15 is 0 Å². The number of fused-ring (bicyclic) bond motifs is 2. The Hall–Kier alpha value is -5.19. The molecule has 2 aliphatic heterocycles. The Morgan fingerprint density at radius 3 is 2.17 bits per heavy atom. The van der Waals surface area contributed by atoms with Gasteiger partial charge in [0.25, 0.3) is 11.8 Å². The molecule has 2 N–H and O–H groups in total. The van der Waals surface area contributed by atoms with Gasteiger partial charge in [-0.05, 0) is 54.6 Å². The number of hydrogen-bond acceptors (Lipinski definition) is 7. The second kappa shape index (κ2) is 10.1. The maximum absolute atomic E-state index is 13.4. The number of imidazole rings is 1. The number of anilines is 2. The molecule has 2 amide bonds. The number of nitrogens with zero attached hydrogens (tertiary/aromatic N) is 6. The quantitative estimate of drug-likeness (QED) is 0.339. The number of hydrogen-bond donors (Lipinski definition) is 2. The Morgan fingerprint density at radius 2 is 1.46 bits per heavy atom. The maximum atomic E-state index is 13.4. The summed E-state index contributed by atoms with van der Waals surface area (Å²) in [6, 6.07) is 20.5. The molecule has 5 aromatic rings. The van der Waals surface area contributed by atoms with Gasteiger partial charge >= 0.3 is 0 Å². The minimum atomic E-state index is -0.340. The van der Waals surface area contributed by atoms with Gasteiger partial charge in [0.15, 0.2) is 5.82 Å². The van der Waals surface area contributed by atoms with Crippen molar-refractivity contribution in [3.8, 4) is 11.5 Å². The van der Waals surface area contributed by atoms with E-state index in [1.807, 2.05) is 41.3 Å². The third-order valence-corrected chi connectivity index (χ3v) is 7.64. The molecule has 0 bridgehead atoms. The summed E-state index contributed by atoms with van der Waals surface area (Å²) in [5.74, 6) is 0.600. The van der Waals surface area contributed by atoms with E-state index in [2.05, 4.69) is 30.2 Å². The average molecular weight is 549 g/mol. The zero-order valence-electron chi connectivity index (χ0n) is 21.9. The average Bonchev–Trinajstić information content (AvgIpc) is 3.72. The van der Waals surface area contributed by atoms with Crippen LogP contribution in [0.4, 0.5) is 16.0 Å². The van der Waals surface area contributed by atoms with Crippen molar-refractivity contribution in [2.75, 3.05) is 31.5 Å². The van der Waals surface area contributed by atoms with Crippen molar-refractivity contribution in [3.05, 3.63) is 96.2 Å². The monoisotopic (exact) mass is 548 g/mol. The van der Waals surface area contributed by atoms with Gasteiger partial charge in [0.1, 0.15) is 22.9 Å². The number of nitrogens with one attached hydrogen (secondary N) is 2. The Labute approximate surface area is 234 Å². The third-order valence-electron chi connectivity index (χ3n) is 7.64. The van der Waals surface area contributed by atoms with E-state index < -0.39 is 0 Å². The number of likely N-dealkylation sites (tertiary alicyclic amines) is 2. The number of H-pyrrole nitrogens is 1. The summed E-state index contributed by atoms with van der Waals surface area (Å²) in [4.78, 5) is 51.3. The van der Waals surface area contributed by atoms with Crippen LogP contribution >= 0.6 is 0 Å². The van der Waals surface area contributed by atoms with Crippen molar-refractivity contribution in [2.24, 2.45) is 11.8 Å². The zero-order chi connectivity index (χ0) is 27.9. The molecular formula is C30H25FN8O2. The van der Waals surface area contributed by atoms with E-state index in [1.54, 1.807) is 29.2 Å². The first kappa shape index (κ1) is 24.8. The smallest absolute Gasteiger partial charge is 0.272 e. The Bertz CT molecular complexity index is 1730. The predicted octanol–water partition coefficient (Wildman–Crippen LogP) is 4.14. The summed E-state index contributed by atoms with van der Waals surface area (Å²) in [6.07, 6.45) is 1.52. The number of pyridine rings is 1. The fraction of sp³-hybridized carbons (Fsp3) is 0.200. The maximum Gasteiger partial charge on any atom is 0.272 e. The highest BCUT2D eigenvalue weighted by molar-refractivity contribution is 5.94. The number of carbonyl (C=O) groups is 2. The van der Waals surface area contributed by atoms with Crippen LogP contribution in [0.2, 0.25) is 0 Å². The molecule has 2 aliphatic rings. The number of halogens is 1. The topological polar surface area (TPSA) is 120 Å². The van der Waals surface area contributed by atoms with E-state index in [-0.39, 0.29) is 41.1 Å². The Morgan fingerprint density at radius 1 is 0.780 bits per heavy atom. The second-order valence-corrected chi connectivity index (χ2v) is 10.3. The van der Waals surface area contributed by atoms with Crippen molar-refractivity contribution < 1.29 is 14.0 Å². The zero-order valence-corrected chi connectivity index (χ0v) is 21.9. The van der Waals surface area contributed by atoms with Crippen molar-refractivity contribution >= 4 is 34.5 Å². The third kappa shape index (κ3) is 4.86. The highest BCUT2D eigenvalue weighted by Gasteiger charge is 2.43. The van der Waals surface area contributed by atoms with Crippen molar-refractivity contribution in [1.82, 2.24) is 34.7 Å². The minimum absolute atomic E-state index is 0.123. The normalized spacial score (nSPS) is 18.1. The molecule has 204 valence electrons. The molecule has 0 spiro atoms. The van der Waals surface area contributed by atoms with Crippen molar-refractivity contribution in [1.29, 1.82) is 0 Å². The lowest BCUT2D eigenvalue weighted by Crippen LogP contribution is -2.36. The fourth-order valence-corrected chi connectivity index (χ4v) is 5.61. The van der Waals surface area contributed by atoms with Crippen LogP contribution in [0.1, 0.15) is 21.0 Å². The van der Waals surface area contributed by atoms with Crippen molar-refractivity contribution in [3.63, 3.8) is 0 Å². The lowest BCUT2D eigenvalue weighted by molar-refractivity contribution is 0.0732. The molecule has 3 aromatic heterocycles. The lowest BCUT2D eigenvalue weighted by atomic mass is 10.0. The van der Waals surface area contributed by atoms with Crippen LogP contribution in [-0.2, 0) is 0 Å². The first-order valence-electron chi connectivity index (χ1n) is 13.4. The van der Waals surface area contributed by atoms with Crippen LogP contribution in [-0.4, -0.2) is 72.7 Å². The highest BCUT2D eigenvalue weighted by atomic mass is 19.1. The number of para-hydroxylation sites is 2. The Kier molecular flexibility index (Phi) is 6.11. The van der Waals surface area contributed by atoms with E-state index in [1.165, 1.54) is 18.3 Å². The molecule has 0 radical (unpaired) electrons. The van der Waals surface area contributed by atoms with Crippen LogP contribution in [0.5, 0.6) is 0 Å². The molecule has 10 nitrogen and oxygen atoms in total. The molecule has 2 fully saturated rings. The van der Waals surface area contributed by atoms with Gasteiger partial charge in [-0.2, -0.15) is 0 Å². The summed E-state index contributed by atoms with van der Waals surface area (Å²) in [5.41, 5.74) is 3.64. The molecule has 2 saturated heterocycles. The number of rotatable bonds is 5. The van der Waals surface area contributed by atoms with Crippen LogP contribution in [0, 0.1) is 17.7 Å². The van der Waals surface area contributed by atoms with Gasteiger partial charge in [0, 0.05) is 49.9 Å². The lowest BCUT2D eigenvalue weighted by Gasteiger charge is -2.21. The van der Waals surface area contributed by atoms with Crippen molar-refractivity contribution in [2.45, 2.75) is 0 Å². The van der Waals surface area contributed by atoms with E-state index in [4.69, 9.17) is 0 Å². The first-order valence-corrected chi connectivity index (χ1v) is 13.4. The number of amides is 2. The summed E-state index contributed by atoms with van der Waals surface area (Å²) < 4.78 is 13.2. The number of aromatic nitrogens is 5. The molecule has 41 heavy (non-hydrogen) atoms. The van der Waals surface area contributed by atoms with Gasteiger partial charge in [-0.3, -0.25) is 9.59 Å². The molecule has 2 unspecified atom stereocenters. The Balaban J connectivity index is 0.998. The predicted molar refractivity (Wildman–Crippen MR) is 150 cm³/mol. The summed E-state index contributed by atoms with van der Waals surface area (Å²) in [6.45, 7) is 2.21. The van der Waals surface area contributed by atoms with Gasteiger partial charge in [-0.1, -0.05) is 18.2 Å². The number of aromatic amines is 1. The largest absolute Gasteiger partial charge is 0.337 e. The first-order chi connectivity index (χ1) is 20.0. The van der Waals surface area contributed by atoms with Crippen LogP contribution in [0.25, 0.3) is 22.6 Å². The van der Waals surface area contributed by atoms with Crippen LogP contribution in [0.3, 0.4) is 0 Å². The molecule has 0 aliphatic carbocycles. The van der Waals surface area contributed by atoms with Crippen LogP contribution in [0.15, 0.2) is 79.0 Å². The van der Waals surface area contributed by atoms with E-state index in [0.717, 1.165) is 11.0 Å². The molecule has 2 aromatic carbocycles. The number of benzene rings is 2. The molecule has 0 saturated carbocycles. The number of carbonyl (C=O) groups excluding carboxylic acids is 2. The molecular weight excluding hydrogens is 523 g/mol. The summed E-state index contributed by atoms with van der Waals surface area (Å²) >= 11 is 0. The van der Waals surface area contributed by atoms with Crippen LogP contribution < -0.4 is 5.32 Å². The van der Waals surface area contributed by atoms with E-state index in [9.17, 15) is 14.0 Å². The highest BCUT2D eigenvalue weighted by Crippen LogP contribution is 2.33. The standard InChI is InChI=1S/C30H25FN8O2/c31-20-8-10-21(11-9-20)33-30-32-13-12-26(37-30)29(41)39-16-18-14-38(15-19(18)17-39)28(40)25-7-3-6-24(34-25)27-35-22-4-1-2-5-23(22)36-27/h1-13,18-19H,14-17H2,(H,35,36)(H,32,33,37).